The zero-order valence-electron chi connectivity index (χ0n) is 16.9. The normalized spacial score (nSPS) is 12.3. The Kier molecular flexibility index (Phi) is 6.68. The summed E-state index contributed by atoms with van der Waals surface area (Å²) in [7, 11) is -3.73. The summed E-state index contributed by atoms with van der Waals surface area (Å²) in [6, 6.07) is 14.6. The summed E-state index contributed by atoms with van der Waals surface area (Å²) in [6.45, 7) is 4.24. The summed E-state index contributed by atoms with van der Waals surface area (Å²) in [5.74, 6) is -0.749. The van der Waals surface area contributed by atoms with Gasteiger partial charge in [-0.25, -0.2) is 12.4 Å². The molecule has 0 fully saturated rings. The van der Waals surface area contributed by atoms with Crippen LogP contribution in [-0.2, 0) is 21.2 Å². The Labute approximate surface area is 181 Å². The van der Waals surface area contributed by atoms with Crippen molar-refractivity contribution in [3.63, 3.8) is 0 Å². The van der Waals surface area contributed by atoms with Gasteiger partial charge in [0, 0.05) is 16.1 Å². The van der Waals surface area contributed by atoms with Gasteiger partial charge in [-0.15, -0.1) is 0 Å². The predicted octanol–water partition coefficient (Wildman–Crippen LogP) is 5.33. The summed E-state index contributed by atoms with van der Waals surface area (Å²) >= 11 is 6.04. The Morgan fingerprint density at radius 1 is 1.13 bits per heavy atom. The highest BCUT2D eigenvalue weighted by Crippen LogP contribution is 2.26. The second kappa shape index (κ2) is 9.06. The molecular weight excluding hydrogens is 422 g/mol. The standard InChI is InChI=1S/C23H24ClNO4S/c1-16(2)18-7-5-17(6-8-18)4-3-13-30(28,29)25-21(10-12-23(26)27)15-19-14-20(24)9-11-22(19)25/h3-9,11,14-16H,10,12-13H2,1-2H3,(H,26,27). The molecule has 5 nitrogen and oxygen atoms in total. The maximum Gasteiger partial charge on any atom is 0.303 e. The van der Waals surface area contributed by atoms with E-state index in [4.69, 9.17) is 16.7 Å². The lowest BCUT2D eigenvalue weighted by Crippen LogP contribution is -2.18. The summed E-state index contributed by atoms with van der Waals surface area (Å²) in [5.41, 5.74) is 3.07. The number of halogens is 1. The molecule has 2 aromatic carbocycles. The van der Waals surface area contributed by atoms with Crippen molar-refractivity contribution in [1.29, 1.82) is 0 Å². The van der Waals surface area contributed by atoms with Crippen molar-refractivity contribution in [2.45, 2.75) is 32.6 Å². The highest BCUT2D eigenvalue weighted by Gasteiger charge is 2.20. The molecule has 3 aromatic rings. The minimum Gasteiger partial charge on any atom is -0.481 e. The molecule has 0 bridgehead atoms. The second-order valence-electron chi connectivity index (χ2n) is 7.50. The lowest BCUT2D eigenvalue weighted by molar-refractivity contribution is -0.136. The highest BCUT2D eigenvalue weighted by atomic mass is 35.5. The molecule has 158 valence electrons. The van der Waals surface area contributed by atoms with Crippen LogP contribution in [-0.4, -0.2) is 29.2 Å². The molecule has 0 atom stereocenters. The Hall–Kier alpha value is -2.57. The van der Waals surface area contributed by atoms with Gasteiger partial charge in [0.25, 0.3) is 0 Å². The fourth-order valence-electron chi connectivity index (χ4n) is 3.33. The zero-order chi connectivity index (χ0) is 21.9. The van der Waals surface area contributed by atoms with Crippen LogP contribution in [0.1, 0.15) is 43.0 Å². The average Bonchev–Trinajstić information content (AvgIpc) is 3.05. The SMILES string of the molecule is CC(C)c1ccc(C=CCS(=O)(=O)n2c(CCC(=O)O)cc3cc(Cl)ccc32)cc1. The first-order valence-corrected chi connectivity index (χ1v) is 11.7. The summed E-state index contributed by atoms with van der Waals surface area (Å²) in [6.07, 6.45) is 3.35. The number of aliphatic carboxylic acids is 1. The van der Waals surface area contributed by atoms with Crippen molar-refractivity contribution in [2.24, 2.45) is 0 Å². The second-order valence-corrected chi connectivity index (χ2v) is 9.80. The molecule has 7 heteroatoms. The van der Waals surface area contributed by atoms with Gasteiger partial charge in [0.05, 0.1) is 17.7 Å². The lowest BCUT2D eigenvalue weighted by atomic mass is 10.0. The third-order valence-electron chi connectivity index (χ3n) is 4.88. The molecule has 0 radical (unpaired) electrons. The fourth-order valence-corrected chi connectivity index (χ4v) is 4.96. The van der Waals surface area contributed by atoms with E-state index in [2.05, 4.69) is 13.8 Å². The molecule has 1 N–H and O–H groups in total. The van der Waals surface area contributed by atoms with Crippen LogP contribution in [0.2, 0.25) is 5.02 Å². The van der Waals surface area contributed by atoms with Gasteiger partial charge in [0.1, 0.15) is 0 Å². The van der Waals surface area contributed by atoms with E-state index in [9.17, 15) is 13.2 Å². The first-order chi connectivity index (χ1) is 14.2. The molecule has 0 spiro atoms. The molecular formula is C23H24ClNO4S. The first kappa shape index (κ1) is 22.1. The monoisotopic (exact) mass is 445 g/mol. The van der Waals surface area contributed by atoms with E-state index in [1.54, 1.807) is 36.4 Å². The molecule has 0 aliphatic heterocycles. The number of aryl methyl sites for hydroxylation is 1. The minimum absolute atomic E-state index is 0.112. The van der Waals surface area contributed by atoms with Crippen molar-refractivity contribution < 1.29 is 18.3 Å². The number of hydrogen-bond acceptors (Lipinski definition) is 3. The van der Waals surface area contributed by atoms with Gasteiger partial charge >= 0.3 is 5.97 Å². The average molecular weight is 446 g/mol. The first-order valence-electron chi connectivity index (χ1n) is 9.69. The smallest absolute Gasteiger partial charge is 0.303 e. The largest absolute Gasteiger partial charge is 0.481 e. The topological polar surface area (TPSA) is 76.4 Å². The van der Waals surface area contributed by atoms with Crippen molar-refractivity contribution in [2.75, 3.05) is 5.75 Å². The quantitative estimate of drug-likeness (QED) is 0.508. The number of nitrogens with zero attached hydrogens (tertiary/aromatic N) is 1. The van der Waals surface area contributed by atoms with Crippen LogP contribution in [0.5, 0.6) is 0 Å². The number of fused-ring (bicyclic) bond motifs is 1. The number of carboxylic acids is 1. The molecule has 3 rings (SSSR count). The number of rotatable bonds is 8. The number of carboxylic acid groups (broad SMARTS) is 1. The van der Waals surface area contributed by atoms with Crippen LogP contribution >= 0.6 is 11.6 Å². The Morgan fingerprint density at radius 3 is 2.47 bits per heavy atom. The third-order valence-corrected chi connectivity index (χ3v) is 6.72. The highest BCUT2D eigenvalue weighted by molar-refractivity contribution is 7.90. The third kappa shape index (κ3) is 5.12. The van der Waals surface area contributed by atoms with Crippen LogP contribution in [0.4, 0.5) is 0 Å². The van der Waals surface area contributed by atoms with Crippen molar-refractivity contribution in [3.05, 3.63) is 76.5 Å². The number of aromatic nitrogens is 1. The van der Waals surface area contributed by atoms with Gasteiger partial charge in [-0.05, 0) is 47.7 Å². The van der Waals surface area contributed by atoms with E-state index < -0.39 is 16.0 Å². The van der Waals surface area contributed by atoms with Crippen LogP contribution < -0.4 is 0 Å². The van der Waals surface area contributed by atoms with Crippen LogP contribution in [0.15, 0.2) is 54.6 Å². The predicted molar refractivity (Wildman–Crippen MR) is 122 cm³/mol. The molecule has 0 saturated carbocycles. The van der Waals surface area contributed by atoms with E-state index >= 15 is 0 Å². The van der Waals surface area contributed by atoms with Crippen molar-refractivity contribution >= 4 is 44.6 Å². The Bertz CT molecular complexity index is 1190. The molecule has 1 aromatic heterocycles. The molecule has 0 amide bonds. The minimum atomic E-state index is -3.73. The van der Waals surface area contributed by atoms with Gasteiger partial charge in [-0.2, -0.15) is 0 Å². The summed E-state index contributed by atoms with van der Waals surface area (Å²) < 4.78 is 27.5. The van der Waals surface area contributed by atoms with Gasteiger partial charge < -0.3 is 5.11 Å². The van der Waals surface area contributed by atoms with Gasteiger partial charge in [-0.3, -0.25) is 4.79 Å². The maximum atomic E-state index is 13.1. The molecule has 1 heterocycles. The fraction of sp³-hybridized carbons (Fsp3) is 0.261. The van der Waals surface area contributed by atoms with Crippen molar-refractivity contribution in [1.82, 2.24) is 3.97 Å². The van der Waals surface area contributed by atoms with Crippen LogP contribution in [0.25, 0.3) is 17.0 Å². The van der Waals surface area contributed by atoms with Crippen molar-refractivity contribution in [3.8, 4) is 0 Å². The van der Waals surface area contributed by atoms with Crippen LogP contribution in [0.3, 0.4) is 0 Å². The Balaban J connectivity index is 1.90. The van der Waals surface area contributed by atoms with Gasteiger partial charge in [-0.1, -0.05) is 61.9 Å². The zero-order valence-corrected chi connectivity index (χ0v) is 18.4. The van der Waals surface area contributed by atoms with E-state index in [-0.39, 0.29) is 18.6 Å². The number of hydrogen-bond donors (Lipinski definition) is 1. The molecule has 30 heavy (non-hydrogen) atoms. The summed E-state index contributed by atoms with van der Waals surface area (Å²) in [4.78, 5) is 11.0. The van der Waals surface area contributed by atoms with E-state index in [1.165, 1.54) is 9.54 Å². The lowest BCUT2D eigenvalue weighted by Gasteiger charge is -2.10. The number of benzene rings is 2. The summed E-state index contributed by atoms with van der Waals surface area (Å²) in [5, 5.41) is 10.2. The Morgan fingerprint density at radius 2 is 1.83 bits per heavy atom. The number of carbonyl (C=O) groups is 1. The molecule has 0 unspecified atom stereocenters. The van der Waals surface area contributed by atoms with E-state index in [0.717, 1.165) is 5.56 Å². The maximum absolute atomic E-state index is 13.1. The van der Waals surface area contributed by atoms with Gasteiger partial charge in [0.15, 0.2) is 0 Å². The van der Waals surface area contributed by atoms with Gasteiger partial charge in [0.2, 0.25) is 10.0 Å². The van der Waals surface area contributed by atoms with E-state index in [0.29, 0.717) is 27.5 Å². The van der Waals surface area contributed by atoms with E-state index in [1.807, 2.05) is 24.3 Å². The molecule has 0 aliphatic carbocycles. The molecule has 0 aliphatic rings. The van der Waals surface area contributed by atoms with Crippen LogP contribution in [0, 0.1) is 0 Å². The molecule has 0 saturated heterocycles.